The van der Waals surface area contributed by atoms with E-state index in [0.29, 0.717) is 11.5 Å². The first-order valence-corrected chi connectivity index (χ1v) is 6.31. The number of alkyl halides is 3. The lowest BCUT2D eigenvalue weighted by Gasteiger charge is -2.11. The van der Waals surface area contributed by atoms with Gasteiger partial charge in [0, 0.05) is 16.9 Å². The number of rotatable bonds is 2. The second kappa shape index (κ2) is 4.77. The Morgan fingerprint density at radius 3 is 2.45 bits per heavy atom. The Morgan fingerprint density at radius 2 is 1.75 bits per heavy atom. The second-order valence-corrected chi connectivity index (χ2v) is 4.70. The van der Waals surface area contributed by atoms with Gasteiger partial charge >= 0.3 is 6.18 Å². The minimum atomic E-state index is -4.31. The average Bonchev–Trinajstić information content (AvgIpc) is 2.88. The van der Waals surface area contributed by atoms with E-state index >= 15 is 0 Å². The summed E-state index contributed by atoms with van der Waals surface area (Å²) < 4.78 is 37.5. The van der Waals surface area contributed by atoms with Crippen molar-refractivity contribution in [3.8, 4) is 0 Å². The molecular weight excluding hydrogens is 267 g/mol. The van der Waals surface area contributed by atoms with E-state index < -0.39 is 11.7 Å². The molecule has 0 bridgehead atoms. The van der Waals surface area contributed by atoms with Crippen LogP contribution < -0.4 is 5.32 Å². The number of fused-ring (bicyclic) bond motifs is 1. The first-order chi connectivity index (χ1) is 9.54. The van der Waals surface area contributed by atoms with E-state index in [0.717, 1.165) is 42.7 Å². The van der Waals surface area contributed by atoms with Gasteiger partial charge in [-0.2, -0.15) is 13.2 Å². The van der Waals surface area contributed by atoms with Gasteiger partial charge in [-0.15, -0.1) is 0 Å². The number of hydrogen-bond donors (Lipinski definition) is 1. The van der Waals surface area contributed by atoms with Crippen LogP contribution in [-0.4, -0.2) is 9.97 Å². The highest BCUT2D eigenvalue weighted by atomic mass is 19.4. The summed E-state index contributed by atoms with van der Waals surface area (Å²) in [7, 11) is 0. The van der Waals surface area contributed by atoms with Crippen molar-refractivity contribution in [2.75, 3.05) is 5.32 Å². The van der Waals surface area contributed by atoms with Crippen molar-refractivity contribution in [1.29, 1.82) is 0 Å². The van der Waals surface area contributed by atoms with Crippen LogP contribution in [-0.2, 0) is 19.0 Å². The molecule has 2 aromatic rings. The van der Waals surface area contributed by atoms with Gasteiger partial charge in [0.2, 0.25) is 0 Å². The fraction of sp³-hybridized carbons (Fsp3) is 0.286. The predicted molar refractivity (Wildman–Crippen MR) is 68.8 cm³/mol. The SMILES string of the molecule is FC(F)(F)c1ccc(Nc2ncnc3c2CCC3)cc1. The summed E-state index contributed by atoms with van der Waals surface area (Å²) in [6, 6.07) is 4.94. The van der Waals surface area contributed by atoms with Crippen molar-refractivity contribution in [2.24, 2.45) is 0 Å². The molecule has 0 saturated carbocycles. The molecule has 1 aliphatic carbocycles. The predicted octanol–water partition coefficient (Wildman–Crippen LogP) is 3.73. The number of aromatic nitrogens is 2. The Bertz CT molecular complexity index is 621. The number of aryl methyl sites for hydroxylation is 1. The van der Waals surface area contributed by atoms with Gasteiger partial charge in [-0.1, -0.05) is 0 Å². The zero-order chi connectivity index (χ0) is 14.2. The summed E-state index contributed by atoms with van der Waals surface area (Å²) in [6.45, 7) is 0. The van der Waals surface area contributed by atoms with Crippen molar-refractivity contribution in [1.82, 2.24) is 9.97 Å². The van der Waals surface area contributed by atoms with Crippen LogP contribution in [0.15, 0.2) is 30.6 Å². The maximum atomic E-state index is 12.5. The van der Waals surface area contributed by atoms with Crippen molar-refractivity contribution in [2.45, 2.75) is 25.4 Å². The van der Waals surface area contributed by atoms with Crippen LogP contribution in [0.1, 0.15) is 23.2 Å². The van der Waals surface area contributed by atoms with E-state index in [2.05, 4.69) is 15.3 Å². The summed E-state index contributed by atoms with van der Waals surface area (Å²) in [5.74, 6) is 0.687. The first kappa shape index (κ1) is 12.9. The molecule has 1 aromatic heterocycles. The number of halogens is 3. The van der Waals surface area contributed by atoms with Crippen LogP contribution in [0.2, 0.25) is 0 Å². The average molecular weight is 279 g/mol. The number of hydrogen-bond acceptors (Lipinski definition) is 3. The summed E-state index contributed by atoms with van der Waals surface area (Å²) in [5, 5.41) is 3.06. The lowest BCUT2D eigenvalue weighted by molar-refractivity contribution is -0.137. The molecule has 1 heterocycles. The van der Waals surface area contributed by atoms with E-state index in [4.69, 9.17) is 0 Å². The van der Waals surface area contributed by atoms with Crippen LogP contribution in [0.3, 0.4) is 0 Å². The van der Waals surface area contributed by atoms with E-state index in [-0.39, 0.29) is 0 Å². The van der Waals surface area contributed by atoms with E-state index in [1.54, 1.807) is 0 Å². The molecule has 3 nitrogen and oxygen atoms in total. The van der Waals surface area contributed by atoms with E-state index in [1.807, 2.05) is 0 Å². The van der Waals surface area contributed by atoms with E-state index in [9.17, 15) is 13.2 Å². The first-order valence-electron chi connectivity index (χ1n) is 6.31. The van der Waals surface area contributed by atoms with Gasteiger partial charge in [0.15, 0.2) is 0 Å². The van der Waals surface area contributed by atoms with Gasteiger partial charge in [0.1, 0.15) is 12.1 Å². The molecule has 0 spiro atoms. The highest BCUT2D eigenvalue weighted by molar-refractivity contribution is 5.61. The lowest BCUT2D eigenvalue weighted by atomic mass is 10.2. The zero-order valence-electron chi connectivity index (χ0n) is 10.5. The molecule has 0 amide bonds. The van der Waals surface area contributed by atoms with Crippen LogP contribution in [0.5, 0.6) is 0 Å². The summed E-state index contributed by atoms with van der Waals surface area (Å²) >= 11 is 0. The number of nitrogens with one attached hydrogen (secondary N) is 1. The highest BCUT2D eigenvalue weighted by Crippen LogP contribution is 2.31. The minimum Gasteiger partial charge on any atom is -0.340 e. The Hall–Kier alpha value is -2.11. The molecule has 0 unspecified atom stereocenters. The van der Waals surface area contributed by atoms with Crippen LogP contribution >= 0.6 is 0 Å². The smallest absolute Gasteiger partial charge is 0.340 e. The molecule has 104 valence electrons. The summed E-state index contributed by atoms with van der Waals surface area (Å²) in [4.78, 5) is 8.38. The third-order valence-corrected chi connectivity index (χ3v) is 3.35. The molecule has 0 fully saturated rings. The highest BCUT2D eigenvalue weighted by Gasteiger charge is 2.30. The Labute approximate surface area is 113 Å². The van der Waals surface area contributed by atoms with E-state index in [1.165, 1.54) is 18.5 Å². The fourth-order valence-electron chi connectivity index (χ4n) is 2.35. The Morgan fingerprint density at radius 1 is 1.00 bits per heavy atom. The molecule has 1 aliphatic rings. The summed E-state index contributed by atoms with van der Waals surface area (Å²) in [5.41, 5.74) is 2.02. The molecule has 0 atom stereocenters. The van der Waals surface area contributed by atoms with Gasteiger partial charge in [0.05, 0.1) is 5.56 Å². The molecule has 6 heteroatoms. The van der Waals surface area contributed by atoms with Crippen LogP contribution in [0.25, 0.3) is 0 Å². The van der Waals surface area contributed by atoms with Crippen molar-refractivity contribution in [3.63, 3.8) is 0 Å². The third-order valence-electron chi connectivity index (χ3n) is 3.35. The number of nitrogens with zero attached hydrogens (tertiary/aromatic N) is 2. The third kappa shape index (κ3) is 2.45. The molecule has 0 radical (unpaired) electrons. The van der Waals surface area contributed by atoms with Crippen molar-refractivity contribution in [3.05, 3.63) is 47.4 Å². The maximum absolute atomic E-state index is 12.5. The van der Waals surface area contributed by atoms with Crippen LogP contribution in [0.4, 0.5) is 24.7 Å². The molecule has 1 N–H and O–H groups in total. The van der Waals surface area contributed by atoms with Gasteiger partial charge < -0.3 is 5.32 Å². The van der Waals surface area contributed by atoms with Gasteiger partial charge in [-0.25, -0.2) is 9.97 Å². The number of anilines is 2. The lowest BCUT2D eigenvalue weighted by Crippen LogP contribution is -2.05. The van der Waals surface area contributed by atoms with Crippen molar-refractivity contribution >= 4 is 11.5 Å². The van der Waals surface area contributed by atoms with Gasteiger partial charge in [-0.05, 0) is 43.5 Å². The number of benzene rings is 1. The maximum Gasteiger partial charge on any atom is 0.416 e. The molecule has 20 heavy (non-hydrogen) atoms. The second-order valence-electron chi connectivity index (χ2n) is 4.70. The monoisotopic (exact) mass is 279 g/mol. The Balaban J connectivity index is 1.84. The normalized spacial score (nSPS) is 14.2. The quantitative estimate of drug-likeness (QED) is 0.910. The molecular formula is C14H12F3N3. The standard InChI is InChI=1S/C14H12F3N3/c15-14(16,17)9-4-6-10(7-5-9)20-13-11-2-1-3-12(11)18-8-19-13/h4-8H,1-3H2,(H,18,19,20). The molecule has 0 saturated heterocycles. The van der Waals surface area contributed by atoms with Gasteiger partial charge in [-0.3, -0.25) is 0 Å². The molecule has 3 rings (SSSR count). The summed E-state index contributed by atoms with van der Waals surface area (Å²) in [6.07, 6.45) is 0.0413. The van der Waals surface area contributed by atoms with Crippen LogP contribution in [0, 0.1) is 0 Å². The van der Waals surface area contributed by atoms with Gasteiger partial charge in [0.25, 0.3) is 0 Å². The molecule has 0 aliphatic heterocycles. The fourth-order valence-corrected chi connectivity index (χ4v) is 2.35. The minimum absolute atomic E-state index is 0.589. The Kier molecular flexibility index (Phi) is 3.08. The van der Waals surface area contributed by atoms with Crippen molar-refractivity contribution < 1.29 is 13.2 Å². The zero-order valence-corrected chi connectivity index (χ0v) is 10.5. The molecule has 1 aromatic carbocycles. The topological polar surface area (TPSA) is 37.8 Å². The largest absolute Gasteiger partial charge is 0.416 e.